The van der Waals surface area contributed by atoms with Crippen molar-refractivity contribution in [3.63, 3.8) is 0 Å². The molecule has 9 nitrogen and oxygen atoms in total. The van der Waals surface area contributed by atoms with E-state index in [9.17, 15) is 9.59 Å². The van der Waals surface area contributed by atoms with Crippen molar-refractivity contribution in [3.8, 4) is 0 Å². The fourth-order valence-corrected chi connectivity index (χ4v) is 6.13. The number of piperidine rings is 2. The number of benzene rings is 1. The number of pyridine rings is 1. The Morgan fingerprint density at radius 1 is 1.11 bits per heavy atom. The highest BCUT2D eigenvalue weighted by Crippen LogP contribution is 2.35. The summed E-state index contributed by atoms with van der Waals surface area (Å²) in [5.41, 5.74) is 9.16. The van der Waals surface area contributed by atoms with Crippen LogP contribution in [0, 0.1) is 11.8 Å². The molecule has 0 bridgehead atoms. The third-order valence-electron chi connectivity index (χ3n) is 8.04. The minimum atomic E-state index is -0.654. The third-order valence-corrected chi connectivity index (χ3v) is 8.04. The van der Waals surface area contributed by atoms with E-state index in [1.54, 1.807) is 11.0 Å². The lowest BCUT2D eigenvalue weighted by atomic mass is 9.89. The molecule has 1 aromatic carbocycles. The number of fused-ring (bicyclic) bond motifs is 1. The van der Waals surface area contributed by atoms with Crippen LogP contribution in [-0.4, -0.2) is 63.1 Å². The van der Waals surface area contributed by atoms with Gasteiger partial charge >= 0.3 is 11.8 Å². The molecule has 0 aliphatic carbocycles. The minimum absolute atomic E-state index is 0.171. The topological polar surface area (TPSA) is 109 Å². The Kier molecular flexibility index (Phi) is 7.38. The van der Waals surface area contributed by atoms with E-state index in [1.165, 1.54) is 6.20 Å². The highest BCUT2D eigenvalue weighted by Gasteiger charge is 2.34. The zero-order valence-corrected chi connectivity index (χ0v) is 22.9. The molecule has 1 unspecified atom stereocenters. The second kappa shape index (κ2) is 10.7. The number of aryl methyl sites for hydroxylation is 1. The van der Waals surface area contributed by atoms with Gasteiger partial charge in [-0.3, -0.25) is 14.3 Å². The van der Waals surface area contributed by atoms with Crippen LogP contribution in [0.3, 0.4) is 0 Å². The van der Waals surface area contributed by atoms with Crippen LogP contribution in [0.2, 0.25) is 0 Å². The number of amides is 2. The molecule has 202 valence electrons. The van der Waals surface area contributed by atoms with Crippen LogP contribution in [0.4, 0.5) is 11.5 Å². The van der Waals surface area contributed by atoms with Gasteiger partial charge in [-0.15, -0.1) is 0 Å². The molecule has 3 N–H and O–H groups in total. The number of likely N-dealkylation sites (N-methyl/N-ethyl adjacent to an activating group) is 1. The van der Waals surface area contributed by atoms with Gasteiger partial charge in [0.15, 0.2) is 0 Å². The van der Waals surface area contributed by atoms with E-state index in [1.807, 2.05) is 6.92 Å². The summed E-state index contributed by atoms with van der Waals surface area (Å²) in [5, 5.41) is 8.78. The number of nitrogens with one attached hydrogen (secondary N) is 1. The fourth-order valence-electron chi connectivity index (χ4n) is 6.13. The Morgan fingerprint density at radius 3 is 2.68 bits per heavy atom. The smallest absolute Gasteiger partial charge is 0.313 e. The molecular weight excluding hydrogens is 478 g/mol. The first-order valence-corrected chi connectivity index (χ1v) is 13.8. The second-order valence-corrected chi connectivity index (χ2v) is 11.4. The molecule has 2 fully saturated rings. The van der Waals surface area contributed by atoms with Gasteiger partial charge in [0.05, 0.1) is 29.5 Å². The Bertz CT molecular complexity index is 1330. The largest absolute Gasteiger partial charge is 0.383 e. The summed E-state index contributed by atoms with van der Waals surface area (Å²) in [7, 11) is 2.17. The highest BCUT2D eigenvalue weighted by atomic mass is 16.2. The summed E-state index contributed by atoms with van der Waals surface area (Å²) < 4.78 is 2.12. The number of aromatic nitrogens is 3. The Hall–Kier alpha value is -3.46. The number of likely N-dealkylation sites (tertiary alicyclic amines) is 2. The van der Waals surface area contributed by atoms with Crippen molar-refractivity contribution in [2.24, 2.45) is 11.8 Å². The van der Waals surface area contributed by atoms with E-state index in [0.717, 1.165) is 54.4 Å². The first kappa shape index (κ1) is 26.2. The summed E-state index contributed by atoms with van der Waals surface area (Å²) in [6, 6.07) is 8.23. The number of rotatable bonds is 4. The number of hydrogen-bond donors (Lipinski definition) is 2. The van der Waals surface area contributed by atoms with E-state index in [-0.39, 0.29) is 6.04 Å². The van der Waals surface area contributed by atoms with E-state index in [4.69, 9.17) is 10.8 Å². The zero-order chi connectivity index (χ0) is 27.0. The van der Waals surface area contributed by atoms with Gasteiger partial charge in [-0.25, -0.2) is 4.98 Å². The Balaban J connectivity index is 1.37. The highest BCUT2D eigenvalue weighted by molar-refractivity contribution is 6.39. The van der Waals surface area contributed by atoms with E-state index in [0.29, 0.717) is 42.3 Å². The molecule has 4 heterocycles. The molecule has 2 aliphatic heterocycles. The van der Waals surface area contributed by atoms with Gasteiger partial charge in [0.25, 0.3) is 0 Å². The number of nitrogens with two attached hydrogens (primary N) is 1. The van der Waals surface area contributed by atoms with Crippen LogP contribution in [-0.2, 0) is 16.0 Å². The normalized spacial score (nSPS) is 24.5. The van der Waals surface area contributed by atoms with Gasteiger partial charge in [-0.1, -0.05) is 32.9 Å². The van der Waals surface area contributed by atoms with Crippen molar-refractivity contribution < 1.29 is 9.59 Å². The Morgan fingerprint density at radius 2 is 1.92 bits per heavy atom. The molecule has 9 heteroatoms. The zero-order valence-electron chi connectivity index (χ0n) is 22.9. The van der Waals surface area contributed by atoms with Gasteiger partial charge in [-0.2, -0.15) is 5.10 Å². The van der Waals surface area contributed by atoms with Gasteiger partial charge in [-0.05, 0) is 67.8 Å². The molecule has 0 saturated carbocycles. The summed E-state index contributed by atoms with van der Waals surface area (Å²) in [4.78, 5) is 34.7. The standard InChI is InChI=1S/C29H39N7O2/c1-5-20-11-23(13-31-27(20)30)32-28(37)29(38)35-15-18(2)6-9-26(35)21-7-8-22-16-36(33-25(22)12-21)24-10-19(3)14-34(4)17-24/h7-8,11-13,16,18-19,24,26H,5-6,9-10,14-15,17H2,1-4H3,(H2,30,31)(H,32,37)/t18-,19-,24?,26+/m0/s1. The van der Waals surface area contributed by atoms with Crippen LogP contribution in [0.5, 0.6) is 0 Å². The first-order chi connectivity index (χ1) is 18.2. The molecule has 38 heavy (non-hydrogen) atoms. The lowest BCUT2D eigenvalue weighted by Gasteiger charge is -2.38. The van der Waals surface area contributed by atoms with Crippen LogP contribution in [0.25, 0.3) is 10.9 Å². The quantitative estimate of drug-likeness (QED) is 0.506. The maximum atomic E-state index is 13.4. The van der Waals surface area contributed by atoms with Crippen molar-refractivity contribution >= 4 is 34.2 Å². The lowest BCUT2D eigenvalue weighted by Crippen LogP contribution is -2.46. The average molecular weight is 518 g/mol. The molecule has 0 radical (unpaired) electrons. The SMILES string of the molecule is CCc1cc(NC(=O)C(=O)N2C[C@@H](C)CC[C@@H]2c2ccc3cn(C4C[C@H](C)CN(C)C4)nc3c2)cnc1N. The summed E-state index contributed by atoms with van der Waals surface area (Å²) in [6.45, 7) is 9.04. The third kappa shape index (κ3) is 5.38. The van der Waals surface area contributed by atoms with E-state index in [2.05, 4.69) is 65.2 Å². The second-order valence-electron chi connectivity index (χ2n) is 11.4. The van der Waals surface area contributed by atoms with Crippen molar-refractivity contribution in [1.29, 1.82) is 0 Å². The first-order valence-electron chi connectivity index (χ1n) is 13.8. The maximum Gasteiger partial charge on any atom is 0.313 e. The molecule has 3 aromatic rings. The minimum Gasteiger partial charge on any atom is -0.383 e. The van der Waals surface area contributed by atoms with Gasteiger partial charge in [0.1, 0.15) is 5.82 Å². The van der Waals surface area contributed by atoms with Crippen molar-refractivity contribution in [1.82, 2.24) is 24.6 Å². The average Bonchev–Trinajstić information content (AvgIpc) is 3.32. The van der Waals surface area contributed by atoms with E-state index >= 15 is 0 Å². The lowest BCUT2D eigenvalue weighted by molar-refractivity contribution is -0.146. The molecule has 5 rings (SSSR count). The monoisotopic (exact) mass is 517 g/mol. The molecule has 2 saturated heterocycles. The summed E-state index contributed by atoms with van der Waals surface area (Å²) >= 11 is 0. The number of anilines is 2. The van der Waals surface area contributed by atoms with E-state index < -0.39 is 11.8 Å². The van der Waals surface area contributed by atoms with Crippen LogP contribution in [0.15, 0.2) is 36.7 Å². The number of hydrogen-bond acceptors (Lipinski definition) is 6. The number of nitrogens with zero attached hydrogens (tertiary/aromatic N) is 5. The van der Waals surface area contributed by atoms with Gasteiger partial charge in [0, 0.05) is 31.2 Å². The molecule has 2 amide bonds. The number of nitrogen functional groups attached to an aromatic ring is 1. The van der Waals surface area contributed by atoms with Gasteiger partial charge < -0.3 is 20.9 Å². The molecule has 0 spiro atoms. The predicted octanol–water partition coefficient (Wildman–Crippen LogP) is 4.03. The summed E-state index contributed by atoms with van der Waals surface area (Å²) in [6.07, 6.45) is 7.24. The molecule has 2 aromatic heterocycles. The fraction of sp³-hybridized carbons (Fsp3) is 0.517. The number of carbonyl (C=O) groups excluding carboxylic acids is 2. The summed E-state index contributed by atoms with van der Waals surface area (Å²) in [5.74, 6) is 0.208. The Labute approximate surface area is 224 Å². The predicted molar refractivity (Wildman–Crippen MR) is 150 cm³/mol. The van der Waals surface area contributed by atoms with Crippen LogP contribution >= 0.6 is 0 Å². The molecule has 4 atom stereocenters. The van der Waals surface area contributed by atoms with Gasteiger partial charge in [0.2, 0.25) is 0 Å². The van der Waals surface area contributed by atoms with Crippen LogP contribution in [0.1, 0.15) is 63.2 Å². The van der Waals surface area contributed by atoms with Crippen molar-refractivity contribution in [3.05, 3.63) is 47.8 Å². The van der Waals surface area contributed by atoms with Crippen LogP contribution < -0.4 is 11.1 Å². The molecular formula is C29H39N7O2. The van der Waals surface area contributed by atoms with Crippen molar-refractivity contribution in [2.75, 3.05) is 37.7 Å². The number of carbonyl (C=O) groups is 2. The van der Waals surface area contributed by atoms with Crippen molar-refractivity contribution in [2.45, 2.75) is 58.5 Å². The molecule has 2 aliphatic rings. The maximum absolute atomic E-state index is 13.4.